The summed E-state index contributed by atoms with van der Waals surface area (Å²) in [5.74, 6) is 0.100. The molecule has 0 bridgehead atoms. The maximum atomic E-state index is 14.1. The van der Waals surface area contributed by atoms with Gasteiger partial charge >= 0.3 is 6.09 Å². The zero-order valence-corrected chi connectivity index (χ0v) is 28.6. The van der Waals surface area contributed by atoms with Gasteiger partial charge in [-0.1, -0.05) is 61.8 Å². The Balaban J connectivity index is 1.31. The van der Waals surface area contributed by atoms with Gasteiger partial charge in [-0.2, -0.15) is 0 Å². The van der Waals surface area contributed by atoms with E-state index in [4.69, 9.17) is 21.1 Å². The molecule has 3 heterocycles. The molecule has 2 fully saturated rings. The van der Waals surface area contributed by atoms with E-state index in [1.54, 1.807) is 17.0 Å². The van der Waals surface area contributed by atoms with E-state index in [1.165, 1.54) is 0 Å². The van der Waals surface area contributed by atoms with Gasteiger partial charge in [-0.05, 0) is 68.4 Å². The monoisotopic (exact) mass is 652 g/mol. The summed E-state index contributed by atoms with van der Waals surface area (Å²) >= 11 is 6.14. The number of hydrogen-bond donors (Lipinski definition) is 1. The molecule has 3 aliphatic heterocycles. The van der Waals surface area contributed by atoms with Crippen molar-refractivity contribution >= 4 is 29.5 Å². The van der Waals surface area contributed by atoms with Crippen molar-refractivity contribution in [3.63, 3.8) is 0 Å². The molecule has 1 N–H and O–H groups in total. The highest BCUT2D eigenvalue weighted by molar-refractivity contribution is 6.30. The Labute approximate surface area is 278 Å². The molecule has 10 heteroatoms. The maximum Gasteiger partial charge on any atom is 0.411 e. The molecule has 3 aliphatic rings. The lowest BCUT2D eigenvalue weighted by Gasteiger charge is -2.52. The summed E-state index contributed by atoms with van der Waals surface area (Å²) in [4.78, 5) is 47.2. The second-order valence-electron chi connectivity index (χ2n) is 14.2. The molecule has 2 atom stereocenters. The van der Waals surface area contributed by atoms with Gasteiger partial charge in [-0.25, -0.2) is 4.79 Å². The highest BCUT2D eigenvalue weighted by Gasteiger charge is 2.43. The summed E-state index contributed by atoms with van der Waals surface area (Å²) in [6.07, 6.45) is 1.90. The van der Waals surface area contributed by atoms with Crippen molar-refractivity contribution in [2.75, 3.05) is 39.4 Å². The average Bonchev–Trinajstić information content (AvgIpc) is 3.39. The van der Waals surface area contributed by atoms with Gasteiger partial charge in [0, 0.05) is 62.9 Å². The predicted molar refractivity (Wildman–Crippen MR) is 178 cm³/mol. The van der Waals surface area contributed by atoms with Gasteiger partial charge in [-0.3, -0.25) is 19.4 Å². The molecule has 2 saturated heterocycles. The standard InChI is InChI=1S/C36H49ClN4O5/c1-25(2)36(14-20-45-21-15-36)40-18-16-39(17-19-40)33(43)30(22-26-10-12-28(37)13-11-26)38-32(42)23-31-29-9-7-6-8-27(29)24-41(31)34(44)46-35(3,4)5/h6-13,25,30-31H,14-24H2,1-5H3,(H,38,42)/t30-,31?/m1/s1. The molecule has 0 aliphatic carbocycles. The SMILES string of the molecule is CC(C)C1(N2CCN(C(=O)[C@@H](Cc3ccc(Cl)cc3)NC(=O)CC3c4ccccc4CN3C(=O)OC(C)(C)C)CC2)CCOCC1. The van der Waals surface area contributed by atoms with Crippen LogP contribution in [0.5, 0.6) is 0 Å². The highest BCUT2D eigenvalue weighted by atomic mass is 35.5. The van der Waals surface area contributed by atoms with Crippen molar-refractivity contribution in [3.05, 3.63) is 70.2 Å². The fourth-order valence-electron chi connectivity index (χ4n) is 7.26. The number of rotatable bonds is 8. The highest BCUT2D eigenvalue weighted by Crippen LogP contribution is 2.38. The molecule has 46 heavy (non-hydrogen) atoms. The van der Waals surface area contributed by atoms with Crippen LogP contribution in [0.3, 0.4) is 0 Å². The van der Waals surface area contributed by atoms with E-state index in [9.17, 15) is 14.4 Å². The van der Waals surface area contributed by atoms with Crippen LogP contribution in [-0.4, -0.2) is 89.2 Å². The van der Waals surface area contributed by atoms with Crippen LogP contribution in [0.15, 0.2) is 48.5 Å². The lowest BCUT2D eigenvalue weighted by molar-refractivity contribution is -0.140. The van der Waals surface area contributed by atoms with Crippen LogP contribution in [0.4, 0.5) is 4.79 Å². The number of ether oxygens (including phenoxy) is 2. The van der Waals surface area contributed by atoms with Gasteiger partial charge in [0.05, 0.1) is 12.5 Å². The van der Waals surface area contributed by atoms with Crippen molar-refractivity contribution in [1.29, 1.82) is 0 Å². The number of hydrogen-bond acceptors (Lipinski definition) is 6. The van der Waals surface area contributed by atoms with Gasteiger partial charge in [0.25, 0.3) is 0 Å². The maximum absolute atomic E-state index is 14.1. The number of carbonyl (C=O) groups is 3. The first kappa shape index (κ1) is 34.2. The average molecular weight is 653 g/mol. The van der Waals surface area contributed by atoms with E-state index in [2.05, 4.69) is 24.1 Å². The second-order valence-corrected chi connectivity index (χ2v) is 14.6. The summed E-state index contributed by atoms with van der Waals surface area (Å²) in [6, 6.07) is 13.9. The largest absolute Gasteiger partial charge is 0.444 e. The minimum atomic E-state index is -0.756. The first-order valence-corrected chi connectivity index (χ1v) is 17.0. The van der Waals surface area contributed by atoms with Crippen molar-refractivity contribution in [3.8, 4) is 0 Å². The minimum absolute atomic E-state index is 0.0212. The van der Waals surface area contributed by atoms with Crippen LogP contribution >= 0.6 is 11.6 Å². The third kappa shape index (κ3) is 7.86. The first-order chi connectivity index (χ1) is 21.9. The van der Waals surface area contributed by atoms with Crippen LogP contribution in [-0.2, 0) is 32.0 Å². The number of halogens is 1. The van der Waals surface area contributed by atoms with Crippen LogP contribution in [0.25, 0.3) is 0 Å². The molecule has 3 amide bonds. The molecule has 0 radical (unpaired) electrons. The number of amides is 3. The molecule has 0 spiro atoms. The topological polar surface area (TPSA) is 91.4 Å². The molecule has 1 unspecified atom stereocenters. The van der Waals surface area contributed by atoms with Gasteiger partial charge in [0.15, 0.2) is 0 Å². The van der Waals surface area contributed by atoms with E-state index in [0.717, 1.165) is 55.8 Å². The Morgan fingerprint density at radius 1 is 1.00 bits per heavy atom. The number of benzene rings is 2. The molecule has 0 saturated carbocycles. The molecule has 9 nitrogen and oxygen atoms in total. The fraction of sp³-hybridized carbons (Fsp3) is 0.583. The van der Waals surface area contributed by atoms with Gasteiger partial charge in [0.1, 0.15) is 11.6 Å². The van der Waals surface area contributed by atoms with Crippen LogP contribution < -0.4 is 5.32 Å². The van der Waals surface area contributed by atoms with Gasteiger partial charge in [-0.15, -0.1) is 0 Å². The summed E-state index contributed by atoms with van der Waals surface area (Å²) in [7, 11) is 0. The zero-order valence-electron chi connectivity index (χ0n) is 27.9. The van der Waals surface area contributed by atoms with Gasteiger partial charge in [0.2, 0.25) is 11.8 Å². The quantitative estimate of drug-likeness (QED) is 0.399. The van der Waals surface area contributed by atoms with E-state index in [-0.39, 0.29) is 23.8 Å². The Bertz CT molecular complexity index is 1380. The lowest BCUT2D eigenvalue weighted by Crippen LogP contribution is -2.63. The van der Waals surface area contributed by atoms with Crippen molar-refractivity contribution in [2.45, 2.75) is 90.1 Å². The summed E-state index contributed by atoms with van der Waals surface area (Å²) < 4.78 is 11.4. The van der Waals surface area contributed by atoms with Crippen LogP contribution in [0, 0.1) is 5.92 Å². The van der Waals surface area contributed by atoms with E-state index in [1.807, 2.05) is 62.1 Å². The number of nitrogens with one attached hydrogen (secondary N) is 1. The second kappa shape index (κ2) is 14.3. The third-order valence-corrected chi connectivity index (χ3v) is 10.0. The molecule has 5 rings (SSSR count). The van der Waals surface area contributed by atoms with Gasteiger partial charge < -0.3 is 19.7 Å². The first-order valence-electron chi connectivity index (χ1n) is 16.6. The normalized spacial score (nSPS) is 20.7. The molecule has 0 aromatic heterocycles. The number of carbonyl (C=O) groups excluding carboxylic acids is 3. The fourth-order valence-corrected chi connectivity index (χ4v) is 7.38. The third-order valence-electron chi connectivity index (χ3n) is 9.78. The Morgan fingerprint density at radius 3 is 2.28 bits per heavy atom. The Hall–Kier alpha value is -3.14. The summed E-state index contributed by atoms with van der Waals surface area (Å²) in [5.41, 5.74) is 2.23. The van der Waals surface area contributed by atoms with E-state index >= 15 is 0 Å². The number of nitrogens with zero attached hydrogens (tertiary/aromatic N) is 3. The molecular formula is C36H49ClN4O5. The zero-order chi connectivity index (χ0) is 33.1. The minimum Gasteiger partial charge on any atom is -0.444 e. The number of piperazine rings is 1. The van der Waals surface area contributed by atoms with Crippen LogP contribution in [0.1, 0.15) is 76.6 Å². The molecule has 2 aromatic carbocycles. The molecular weight excluding hydrogens is 604 g/mol. The predicted octanol–water partition coefficient (Wildman–Crippen LogP) is 5.60. The number of fused-ring (bicyclic) bond motifs is 1. The van der Waals surface area contributed by atoms with E-state index < -0.39 is 23.8 Å². The van der Waals surface area contributed by atoms with Crippen molar-refractivity contribution in [1.82, 2.24) is 20.0 Å². The molecule has 2 aromatic rings. The smallest absolute Gasteiger partial charge is 0.411 e. The van der Waals surface area contributed by atoms with Crippen LogP contribution in [0.2, 0.25) is 5.02 Å². The molecule has 250 valence electrons. The summed E-state index contributed by atoms with van der Waals surface area (Å²) in [6.45, 7) is 14.7. The van der Waals surface area contributed by atoms with Crippen molar-refractivity contribution in [2.24, 2.45) is 5.92 Å². The Morgan fingerprint density at radius 2 is 1.65 bits per heavy atom. The van der Waals surface area contributed by atoms with Crippen molar-refractivity contribution < 1.29 is 23.9 Å². The lowest BCUT2D eigenvalue weighted by atomic mass is 9.77. The Kier molecular flexibility index (Phi) is 10.6. The summed E-state index contributed by atoms with van der Waals surface area (Å²) in [5, 5.41) is 3.68. The van der Waals surface area contributed by atoms with E-state index in [0.29, 0.717) is 37.0 Å².